The highest BCUT2D eigenvalue weighted by atomic mass is 19.3. The van der Waals surface area contributed by atoms with Crippen LogP contribution in [0.2, 0.25) is 0 Å². The minimum Gasteiger partial charge on any atom is -0.396 e. The number of rotatable bonds is 6. The fourth-order valence-electron chi connectivity index (χ4n) is 3.72. The van der Waals surface area contributed by atoms with Gasteiger partial charge in [0.2, 0.25) is 0 Å². The highest BCUT2D eigenvalue weighted by Gasteiger charge is 2.31. The summed E-state index contributed by atoms with van der Waals surface area (Å²) in [7, 11) is 0. The molecule has 2 atom stereocenters. The molecule has 4 rings (SSSR count). The Kier molecular flexibility index (Phi) is 5.48. The molecular formula is C21H23F2N5O2. The predicted octanol–water partition coefficient (Wildman–Crippen LogP) is 2.64. The van der Waals surface area contributed by atoms with Crippen LogP contribution in [0.25, 0.3) is 17.2 Å². The van der Waals surface area contributed by atoms with E-state index in [-0.39, 0.29) is 18.1 Å². The molecule has 1 aliphatic heterocycles. The number of aromatic nitrogens is 4. The van der Waals surface area contributed by atoms with E-state index in [2.05, 4.69) is 21.5 Å². The number of nitrogens with zero attached hydrogens (tertiary/aromatic N) is 5. The summed E-state index contributed by atoms with van der Waals surface area (Å²) in [6.45, 7) is 4.37. The van der Waals surface area contributed by atoms with Gasteiger partial charge in [0.15, 0.2) is 5.82 Å². The second-order valence-electron chi connectivity index (χ2n) is 7.47. The van der Waals surface area contributed by atoms with Gasteiger partial charge in [0.25, 0.3) is 5.92 Å². The van der Waals surface area contributed by atoms with E-state index in [4.69, 9.17) is 0 Å². The minimum atomic E-state index is -3.03. The topological polar surface area (TPSA) is 86.8 Å². The van der Waals surface area contributed by atoms with Crippen LogP contribution in [0.4, 0.5) is 14.6 Å². The number of fused-ring (bicyclic) bond motifs is 1. The first-order valence-electron chi connectivity index (χ1n) is 9.76. The van der Waals surface area contributed by atoms with Crippen molar-refractivity contribution in [3.05, 3.63) is 55.0 Å². The normalized spacial score (nSPS) is 19.9. The minimum absolute atomic E-state index is 0.107. The summed E-state index contributed by atoms with van der Waals surface area (Å²) < 4.78 is 30.3. The van der Waals surface area contributed by atoms with Crippen molar-refractivity contribution in [1.82, 2.24) is 19.4 Å². The van der Waals surface area contributed by atoms with E-state index in [0.717, 1.165) is 0 Å². The first kappa shape index (κ1) is 20.4. The number of hydrogen-bond acceptors (Lipinski definition) is 6. The van der Waals surface area contributed by atoms with E-state index in [0.29, 0.717) is 42.5 Å². The standard InChI is InChI=1S/C21H23F2N5O2/c1-2-7-21(22,23)15-3-4-18-25-10-16(28(18)12-15)20-24-8-5-19(26-20)27-9-6-17(30)14(11-27)13-29/h2-5,8,10,12,14,17,29-30H,1,6-7,9,11,13H2. The van der Waals surface area contributed by atoms with E-state index in [1.165, 1.54) is 24.4 Å². The first-order chi connectivity index (χ1) is 14.4. The van der Waals surface area contributed by atoms with Crippen molar-refractivity contribution in [2.75, 3.05) is 24.6 Å². The van der Waals surface area contributed by atoms with Crippen molar-refractivity contribution in [3.63, 3.8) is 0 Å². The lowest BCUT2D eigenvalue weighted by Crippen LogP contribution is -2.45. The lowest BCUT2D eigenvalue weighted by atomic mass is 9.95. The fraction of sp³-hybridized carbons (Fsp3) is 0.381. The number of allylic oxidation sites excluding steroid dienone is 1. The van der Waals surface area contributed by atoms with Crippen LogP contribution in [0.5, 0.6) is 0 Å². The van der Waals surface area contributed by atoms with Crippen LogP contribution in [0, 0.1) is 5.92 Å². The van der Waals surface area contributed by atoms with Crippen LogP contribution in [-0.2, 0) is 5.92 Å². The van der Waals surface area contributed by atoms with Crippen LogP contribution >= 0.6 is 0 Å². The van der Waals surface area contributed by atoms with Crippen LogP contribution in [-0.4, -0.2) is 55.4 Å². The summed E-state index contributed by atoms with van der Waals surface area (Å²) in [5, 5.41) is 19.5. The van der Waals surface area contributed by atoms with Gasteiger partial charge in [-0.05, 0) is 24.6 Å². The molecule has 7 nitrogen and oxygen atoms in total. The molecule has 1 saturated heterocycles. The van der Waals surface area contributed by atoms with Gasteiger partial charge in [-0.3, -0.25) is 4.40 Å². The first-order valence-corrected chi connectivity index (χ1v) is 9.76. The number of aliphatic hydroxyl groups is 2. The Balaban J connectivity index is 1.69. The van der Waals surface area contributed by atoms with Gasteiger partial charge in [0, 0.05) is 43.4 Å². The van der Waals surface area contributed by atoms with E-state index >= 15 is 0 Å². The van der Waals surface area contributed by atoms with Gasteiger partial charge in [-0.1, -0.05) is 6.08 Å². The molecule has 0 spiro atoms. The number of anilines is 1. The number of hydrogen-bond donors (Lipinski definition) is 2. The Bertz CT molecular complexity index is 1050. The SMILES string of the molecule is C=CCC(F)(F)c1ccc2ncc(-c3nccc(N4CCC(O)C(CO)C4)n3)n2c1. The highest BCUT2D eigenvalue weighted by Crippen LogP contribution is 2.33. The van der Waals surface area contributed by atoms with Gasteiger partial charge >= 0.3 is 0 Å². The van der Waals surface area contributed by atoms with Crippen molar-refractivity contribution in [2.45, 2.75) is 24.9 Å². The molecule has 0 saturated carbocycles. The number of halogens is 2. The molecule has 0 bridgehead atoms. The zero-order chi connectivity index (χ0) is 21.3. The third-order valence-electron chi connectivity index (χ3n) is 5.45. The molecule has 2 N–H and O–H groups in total. The average molecular weight is 415 g/mol. The molecule has 2 unspecified atom stereocenters. The third kappa shape index (κ3) is 3.78. The number of pyridine rings is 1. The molecule has 0 aliphatic carbocycles. The predicted molar refractivity (Wildman–Crippen MR) is 108 cm³/mol. The number of aliphatic hydroxyl groups excluding tert-OH is 2. The summed E-state index contributed by atoms with van der Waals surface area (Å²) in [6.07, 6.45) is 5.24. The van der Waals surface area contributed by atoms with Crippen LogP contribution in [0.15, 0.2) is 49.4 Å². The van der Waals surface area contributed by atoms with E-state index in [1.807, 2.05) is 4.90 Å². The van der Waals surface area contributed by atoms with Crippen molar-refractivity contribution >= 4 is 11.5 Å². The second kappa shape index (κ2) is 8.08. The average Bonchev–Trinajstić information content (AvgIpc) is 3.17. The maximum Gasteiger partial charge on any atom is 0.278 e. The molecule has 0 radical (unpaired) electrons. The van der Waals surface area contributed by atoms with Crippen molar-refractivity contribution in [3.8, 4) is 11.5 Å². The van der Waals surface area contributed by atoms with Crippen molar-refractivity contribution in [1.29, 1.82) is 0 Å². The second-order valence-corrected chi connectivity index (χ2v) is 7.47. The summed E-state index contributed by atoms with van der Waals surface area (Å²) in [5.41, 5.74) is 0.874. The lowest BCUT2D eigenvalue weighted by molar-refractivity contribution is -0.00124. The van der Waals surface area contributed by atoms with E-state index in [1.54, 1.807) is 22.9 Å². The van der Waals surface area contributed by atoms with Gasteiger partial charge in [-0.2, -0.15) is 0 Å². The van der Waals surface area contributed by atoms with Gasteiger partial charge < -0.3 is 15.1 Å². The molecule has 0 aromatic carbocycles. The van der Waals surface area contributed by atoms with Crippen LogP contribution in [0.1, 0.15) is 18.4 Å². The van der Waals surface area contributed by atoms with Gasteiger partial charge in [0.05, 0.1) is 18.9 Å². The summed E-state index contributed by atoms with van der Waals surface area (Å²) >= 11 is 0. The number of imidazole rings is 1. The lowest BCUT2D eigenvalue weighted by Gasteiger charge is -2.36. The summed E-state index contributed by atoms with van der Waals surface area (Å²) in [6, 6.07) is 4.65. The zero-order valence-corrected chi connectivity index (χ0v) is 16.3. The van der Waals surface area contributed by atoms with Gasteiger partial charge in [-0.25, -0.2) is 23.7 Å². The zero-order valence-electron chi connectivity index (χ0n) is 16.3. The largest absolute Gasteiger partial charge is 0.396 e. The molecule has 9 heteroatoms. The molecule has 158 valence electrons. The Morgan fingerprint density at radius 3 is 2.87 bits per heavy atom. The number of alkyl halides is 2. The van der Waals surface area contributed by atoms with E-state index < -0.39 is 18.4 Å². The third-order valence-corrected chi connectivity index (χ3v) is 5.45. The smallest absolute Gasteiger partial charge is 0.278 e. The Morgan fingerprint density at radius 1 is 1.27 bits per heavy atom. The summed E-state index contributed by atoms with van der Waals surface area (Å²) in [5.74, 6) is -2.28. The quantitative estimate of drug-likeness (QED) is 0.602. The molecule has 1 fully saturated rings. The van der Waals surface area contributed by atoms with Gasteiger partial charge in [0.1, 0.15) is 17.2 Å². The maximum absolute atomic E-state index is 14.3. The number of piperidine rings is 1. The van der Waals surface area contributed by atoms with Crippen LogP contribution in [0.3, 0.4) is 0 Å². The Hall–Kier alpha value is -2.91. The maximum atomic E-state index is 14.3. The molecule has 3 aromatic heterocycles. The molecule has 0 amide bonds. The molecule has 1 aliphatic rings. The molecule has 4 heterocycles. The monoisotopic (exact) mass is 415 g/mol. The van der Waals surface area contributed by atoms with Crippen LogP contribution < -0.4 is 4.90 Å². The Morgan fingerprint density at radius 2 is 2.10 bits per heavy atom. The molecular weight excluding hydrogens is 392 g/mol. The van der Waals surface area contributed by atoms with Crippen molar-refractivity contribution < 1.29 is 19.0 Å². The highest BCUT2D eigenvalue weighted by molar-refractivity contribution is 5.59. The molecule has 30 heavy (non-hydrogen) atoms. The van der Waals surface area contributed by atoms with Gasteiger partial charge in [-0.15, -0.1) is 6.58 Å². The fourth-order valence-corrected chi connectivity index (χ4v) is 3.72. The Labute approximate surface area is 172 Å². The van der Waals surface area contributed by atoms with Crippen molar-refractivity contribution in [2.24, 2.45) is 5.92 Å². The van der Waals surface area contributed by atoms with E-state index in [9.17, 15) is 19.0 Å². The summed E-state index contributed by atoms with van der Waals surface area (Å²) in [4.78, 5) is 15.2. The molecule has 3 aromatic rings.